The van der Waals surface area contributed by atoms with Gasteiger partial charge in [-0.15, -0.1) is 0 Å². The summed E-state index contributed by atoms with van der Waals surface area (Å²) in [6.07, 6.45) is 0. The number of aromatic nitrogens is 4. The minimum Gasteiger partial charge on any atom is -0.437 e. The summed E-state index contributed by atoms with van der Waals surface area (Å²) in [6, 6.07) is 65.5. The number of hydrogen-bond acceptors (Lipinski definition) is 3. The first-order valence-electron chi connectivity index (χ1n) is 20.1. The molecular formula is C54H30N4O. The predicted octanol–water partition coefficient (Wildman–Crippen LogP) is 14.3. The largest absolute Gasteiger partial charge is 0.437 e. The first-order chi connectivity index (χ1) is 29.2. The molecule has 0 aliphatic rings. The third kappa shape index (κ3) is 4.18. The SMILES string of the molecule is c1ccc2cc(-c3nc(-n4c5ccccc5c5c6c7ccccc7n(-c7cc8ccc9cccc%10ccc(c7)c8c9%10)c6ccc54)nc4oc5ccccc5c34)ccc2c1. The van der Waals surface area contributed by atoms with E-state index in [2.05, 4.69) is 173 Å². The fraction of sp³-hybridized carbons (Fsp3) is 0. The van der Waals surface area contributed by atoms with Gasteiger partial charge in [0.25, 0.3) is 0 Å². The molecule has 0 aliphatic heterocycles. The van der Waals surface area contributed by atoms with Crippen molar-refractivity contribution in [2.24, 2.45) is 0 Å². The van der Waals surface area contributed by atoms with Crippen LogP contribution >= 0.6 is 0 Å². The molecule has 0 spiro atoms. The van der Waals surface area contributed by atoms with Crippen LogP contribution in [0.4, 0.5) is 0 Å². The molecule has 0 saturated carbocycles. The summed E-state index contributed by atoms with van der Waals surface area (Å²) in [7, 11) is 0. The normalized spacial score (nSPS) is 12.4. The van der Waals surface area contributed by atoms with Gasteiger partial charge in [-0.05, 0) is 91.6 Å². The highest BCUT2D eigenvalue weighted by Gasteiger charge is 2.24. The lowest BCUT2D eigenvalue weighted by Gasteiger charge is -2.14. The van der Waals surface area contributed by atoms with Crippen molar-refractivity contribution in [1.82, 2.24) is 19.1 Å². The van der Waals surface area contributed by atoms with Gasteiger partial charge in [0.2, 0.25) is 11.7 Å². The van der Waals surface area contributed by atoms with Gasteiger partial charge in [0.1, 0.15) is 5.58 Å². The number of hydrogen-bond donors (Lipinski definition) is 0. The standard InChI is InChI=1S/C54H30N4O/c1-2-11-34-28-37(25-20-31(34)10-1)52-51-41-16-5-8-19-46(41)59-53(51)56-54(55-52)58-43-18-7-4-15-40(43)50-45(58)27-26-44-49(50)39-14-3-6-17-42(39)57(44)38-29-35-23-21-32-12-9-13-33-22-24-36(30-38)48(35)47(32)33/h1-30H. The third-order valence-corrected chi connectivity index (χ3v) is 12.6. The second-order valence-corrected chi connectivity index (χ2v) is 15.7. The molecule has 0 saturated heterocycles. The van der Waals surface area contributed by atoms with Crippen LogP contribution in [0.15, 0.2) is 186 Å². The summed E-state index contributed by atoms with van der Waals surface area (Å²) in [5.41, 5.74) is 8.76. The van der Waals surface area contributed by atoms with E-state index in [0.29, 0.717) is 11.7 Å². The van der Waals surface area contributed by atoms with E-state index in [1.807, 2.05) is 18.2 Å². The highest BCUT2D eigenvalue weighted by molar-refractivity contribution is 6.29. The zero-order valence-electron chi connectivity index (χ0n) is 31.5. The van der Waals surface area contributed by atoms with Crippen LogP contribution < -0.4 is 0 Å². The molecule has 0 bridgehead atoms. The lowest BCUT2D eigenvalue weighted by molar-refractivity contribution is 0.651. The van der Waals surface area contributed by atoms with Crippen molar-refractivity contribution in [2.75, 3.05) is 0 Å². The molecule has 0 N–H and O–H groups in total. The fourth-order valence-corrected chi connectivity index (χ4v) is 10.1. The van der Waals surface area contributed by atoms with Gasteiger partial charge in [-0.3, -0.25) is 4.57 Å². The topological polar surface area (TPSA) is 48.8 Å². The predicted molar refractivity (Wildman–Crippen MR) is 245 cm³/mol. The minimum absolute atomic E-state index is 0.567. The smallest absolute Gasteiger partial charge is 0.238 e. The highest BCUT2D eigenvalue weighted by Crippen LogP contribution is 2.44. The van der Waals surface area contributed by atoms with E-state index in [-0.39, 0.29) is 0 Å². The number of furan rings is 1. The van der Waals surface area contributed by atoms with Crippen molar-refractivity contribution in [2.45, 2.75) is 0 Å². The average molecular weight is 751 g/mol. The molecule has 0 radical (unpaired) electrons. The third-order valence-electron chi connectivity index (χ3n) is 12.6. The molecule has 5 nitrogen and oxygen atoms in total. The van der Waals surface area contributed by atoms with Gasteiger partial charge in [0.15, 0.2) is 0 Å². The molecule has 14 aromatic rings. The first kappa shape index (κ1) is 31.1. The Morgan fingerprint density at radius 3 is 1.66 bits per heavy atom. The maximum Gasteiger partial charge on any atom is 0.238 e. The van der Waals surface area contributed by atoms with Crippen molar-refractivity contribution >= 4 is 109 Å². The molecule has 14 rings (SSSR count). The van der Waals surface area contributed by atoms with Crippen molar-refractivity contribution < 1.29 is 4.42 Å². The van der Waals surface area contributed by atoms with E-state index in [9.17, 15) is 0 Å². The first-order valence-corrected chi connectivity index (χ1v) is 20.1. The van der Waals surface area contributed by atoms with Crippen molar-refractivity contribution in [1.29, 1.82) is 0 Å². The number of fused-ring (bicyclic) bond motifs is 11. The van der Waals surface area contributed by atoms with Crippen LogP contribution in [0.1, 0.15) is 0 Å². The summed E-state index contributed by atoms with van der Waals surface area (Å²) >= 11 is 0. The Labute approximate surface area is 335 Å². The van der Waals surface area contributed by atoms with E-state index < -0.39 is 0 Å². The minimum atomic E-state index is 0.567. The molecule has 0 unspecified atom stereocenters. The van der Waals surface area contributed by atoms with E-state index in [0.717, 1.165) is 66.1 Å². The fourth-order valence-electron chi connectivity index (χ4n) is 10.1. The van der Waals surface area contributed by atoms with E-state index in [1.165, 1.54) is 53.9 Å². The van der Waals surface area contributed by atoms with Gasteiger partial charge in [-0.25, -0.2) is 4.98 Å². The molecular weight excluding hydrogens is 721 g/mol. The van der Waals surface area contributed by atoms with Crippen molar-refractivity contribution in [3.05, 3.63) is 182 Å². The summed E-state index contributed by atoms with van der Waals surface area (Å²) < 4.78 is 11.2. The van der Waals surface area contributed by atoms with Crippen LogP contribution in [0.2, 0.25) is 0 Å². The Morgan fingerprint density at radius 2 is 0.915 bits per heavy atom. The van der Waals surface area contributed by atoms with Gasteiger partial charge in [0.05, 0.1) is 33.1 Å². The Kier molecular flexibility index (Phi) is 5.96. The molecule has 5 heteroatoms. The number of para-hydroxylation sites is 3. The summed E-state index contributed by atoms with van der Waals surface area (Å²) in [4.78, 5) is 10.7. The maximum atomic E-state index is 6.55. The van der Waals surface area contributed by atoms with Crippen LogP contribution in [-0.2, 0) is 0 Å². The van der Waals surface area contributed by atoms with Crippen molar-refractivity contribution in [3.63, 3.8) is 0 Å². The van der Waals surface area contributed by atoms with Gasteiger partial charge in [-0.2, -0.15) is 4.98 Å². The molecule has 4 aromatic heterocycles. The van der Waals surface area contributed by atoms with E-state index in [1.54, 1.807) is 0 Å². The molecule has 0 aliphatic carbocycles. The maximum absolute atomic E-state index is 6.55. The average Bonchev–Trinajstić information content (AvgIpc) is 3.95. The van der Waals surface area contributed by atoms with Crippen LogP contribution in [0, 0.1) is 0 Å². The van der Waals surface area contributed by atoms with Crippen LogP contribution in [0.25, 0.3) is 132 Å². The number of nitrogens with zero attached hydrogens (tertiary/aromatic N) is 4. The highest BCUT2D eigenvalue weighted by atomic mass is 16.3. The second kappa shape index (κ2) is 11.3. The van der Waals surface area contributed by atoms with Crippen molar-refractivity contribution in [3.8, 4) is 22.9 Å². The summed E-state index contributed by atoms with van der Waals surface area (Å²) in [6.45, 7) is 0. The van der Waals surface area contributed by atoms with Crippen LogP contribution in [0.3, 0.4) is 0 Å². The summed E-state index contributed by atoms with van der Waals surface area (Å²) in [5.74, 6) is 0.570. The van der Waals surface area contributed by atoms with Crippen LogP contribution in [-0.4, -0.2) is 19.1 Å². The summed E-state index contributed by atoms with van der Waals surface area (Å²) in [5, 5.41) is 16.7. The second-order valence-electron chi connectivity index (χ2n) is 15.7. The zero-order chi connectivity index (χ0) is 38.3. The molecule has 272 valence electrons. The van der Waals surface area contributed by atoms with Gasteiger partial charge in [-0.1, -0.05) is 133 Å². The molecule has 4 heterocycles. The van der Waals surface area contributed by atoms with Gasteiger partial charge in [0, 0.05) is 38.2 Å². The van der Waals surface area contributed by atoms with Crippen LogP contribution in [0.5, 0.6) is 0 Å². The molecule has 0 amide bonds. The number of benzene rings is 10. The monoisotopic (exact) mass is 750 g/mol. The van der Waals surface area contributed by atoms with E-state index >= 15 is 0 Å². The van der Waals surface area contributed by atoms with E-state index in [4.69, 9.17) is 14.4 Å². The molecule has 0 fully saturated rings. The molecule has 59 heavy (non-hydrogen) atoms. The zero-order valence-corrected chi connectivity index (χ0v) is 31.5. The Morgan fingerprint density at radius 1 is 0.356 bits per heavy atom. The lowest BCUT2D eigenvalue weighted by Crippen LogP contribution is -2.03. The lowest BCUT2D eigenvalue weighted by atomic mass is 9.94. The number of rotatable bonds is 3. The molecule has 0 atom stereocenters. The van der Waals surface area contributed by atoms with Gasteiger partial charge < -0.3 is 8.98 Å². The van der Waals surface area contributed by atoms with Gasteiger partial charge >= 0.3 is 0 Å². The Bertz CT molecular complexity index is 4030. The molecule has 10 aromatic carbocycles. The Hall–Kier alpha value is -8.02. The Balaban J connectivity index is 1.07. The quantitative estimate of drug-likeness (QED) is 0.169.